The standard InChI is InChI=1S/C15H20N2O4/c1-11(18)14-8-13(17(19)20)5-6-15(14)16-7-3-4-12(9-16)10-21-2/h5-6,8,12H,3-4,7,9-10H2,1-2H3. The zero-order valence-corrected chi connectivity index (χ0v) is 12.4. The summed E-state index contributed by atoms with van der Waals surface area (Å²) in [5, 5.41) is 10.9. The molecular weight excluding hydrogens is 272 g/mol. The summed E-state index contributed by atoms with van der Waals surface area (Å²) in [7, 11) is 1.69. The lowest BCUT2D eigenvalue weighted by Crippen LogP contribution is -2.37. The summed E-state index contributed by atoms with van der Waals surface area (Å²) in [4.78, 5) is 24.3. The summed E-state index contributed by atoms with van der Waals surface area (Å²) in [6.45, 7) is 3.81. The molecule has 0 amide bonds. The second kappa shape index (κ2) is 6.67. The lowest BCUT2D eigenvalue weighted by molar-refractivity contribution is -0.384. The number of carbonyl (C=O) groups excluding carboxylic acids is 1. The van der Waals surface area contributed by atoms with Crippen LogP contribution in [0.3, 0.4) is 0 Å². The molecule has 1 aromatic rings. The highest BCUT2D eigenvalue weighted by atomic mass is 16.6. The van der Waals surface area contributed by atoms with E-state index in [4.69, 9.17) is 4.74 Å². The molecule has 114 valence electrons. The van der Waals surface area contributed by atoms with Gasteiger partial charge in [-0.3, -0.25) is 14.9 Å². The van der Waals surface area contributed by atoms with Gasteiger partial charge in [0.25, 0.3) is 5.69 Å². The van der Waals surface area contributed by atoms with Crippen LogP contribution in [0.15, 0.2) is 18.2 Å². The van der Waals surface area contributed by atoms with Gasteiger partial charge in [0.2, 0.25) is 0 Å². The van der Waals surface area contributed by atoms with Crippen LogP contribution in [0.2, 0.25) is 0 Å². The molecule has 0 aromatic heterocycles. The van der Waals surface area contributed by atoms with Crippen molar-refractivity contribution in [3.05, 3.63) is 33.9 Å². The molecule has 2 rings (SSSR count). The molecule has 1 heterocycles. The summed E-state index contributed by atoms with van der Waals surface area (Å²) in [6, 6.07) is 4.52. The Labute approximate surface area is 123 Å². The highest BCUT2D eigenvalue weighted by Crippen LogP contribution is 2.29. The van der Waals surface area contributed by atoms with Crippen LogP contribution in [0.5, 0.6) is 0 Å². The SMILES string of the molecule is COCC1CCCN(c2ccc([N+](=O)[O-])cc2C(C)=O)C1. The van der Waals surface area contributed by atoms with Crippen LogP contribution < -0.4 is 4.90 Å². The largest absolute Gasteiger partial charge is 0.384 e. The van der Waals surface area contributed by atoms with Gasteiger partial charge >= 0.3 is 0 Å². The highest BCUT2D eigenvalue weighted by Gasteiger charge is 2.24. The van der Waals surface area contributed by atoms with Crippen molar-refractivity contribution < 1.29 is 14.5 Å². The number of methoxy groups -OCH3 is 1. The first-order chi connectivity index (χ1) is 10.0. The van der Waals surface area contributed by atoms with Gasteiger partial charge in [-0.1, -0.05) is 0 Å². The number of piperidine rings is 1. The Morgan fingerprint density at radius 3 is 2.90 bits per heavy atom. The van der Waals surface area contributed by atoms with Crippen molar-refractivity contribution in [1.82, 2.24) is 0 Å². The molecule has 21 heavy (non-hydrogen) atoms. The Kier molecular flexibility index (Phi) is 4.90. The van der Waals surface area contributed by atoms with E-state index < -0.39 is 4.92 Å². The van der Waals surface area contributed by atoms with Crippen molar-refractivity contribution in [2.75, 3.05) is 31.7 Å². The molecule has 0 bridgehead atoms. The predicted molar refractivity (Wildman–Crippen MR) is 79.9 cm³/mol. The minimum atomic E-state index is -0.472. The summed E-state index contributed by atoms with van der Waals surface area (Å²) in [5.74, 6) is 0.279. The second-order valence-corrected chi connectivity index (χ2v) is 5.42. The van der Waals surface area contributed by atoms with Crippen molar-refractivity contribution in [2.45, 2.75) is 19.8 Å². The third kappa shape index (κ3) is 3.58. The number of Topliss-reactive ketones (excluding diaryl/α,β-unsaturated/α-hetero) is 1. The Balaban J connectivity index is 2.29. The highest BCUT2D eigenvalue weighted by molar-refractivity contribution is 6.00. The van der Waals surface area contributed by atoms with E-state index in [1.54, 1.807) is 13.2 Å². The maximum Gasteiger partial charge on any atom is 0.270 e. The van der Waals surface area contributed by atoms with Crippen molar-refractivity contribution in [2.24, 2.45) is 5.92 Å². The zero-order valence-electron chi connectivity index (χ0n) is 12.4. The summed E-state index contributed by atoms with van der Waals surface area (Å²) in [5.41, 5.74) is 1.16. The van der Waals surface area contributed by atoms with Crippen LogP contribution >= 0.6 is 0 Å². The van der Waals surface area contributed by atoms with Gasteiger partial charge < -0.3 is 9.64 Å². The molecule has 0 spiro atoms. The number of ketones is 1. The number of carbonyl (C=O) groups is 1. The zero-order chi connectivity index (χ0) is 15.4. The lowest BCUT2D eigenvalue weighted by Gasteiger charge is -2.35. The first-order valence-electron chi connectivity index (χ1n) is 7.06. The maximum atomic E-state index is 11.8. The summed E-state index contributed by atoms with van der Waals surface area (Å²) < 4.78 is 5.21. The van der Waals surface area contributed by atoms with Crippen LogP contribution in [-0.4, -0.2) is 37.5 Å². The number of nitrogens with zero attached hydrogens (tertiary/aromatic N) is 2. The van der Waals surface area contributed by atoms with E-state index in [1.165, 1.54) is 19.1 Å². The molecule has 0 radical (unpaired) electrons. The summed E-state index contributed by atoms with van der Waals surface area (Å²) in [6.07, 6.45) is 2.13. The van der Waals surface area contributed by atoms with Gasteiger partial charge in [0.1, 0.15) is 0 Å². The fourth-order valence-electron chi connectivity index (χ4n) is 2.85. The van der Waals surface area contributed by atoms with E-state index in [9.17, 15) is 14.9 Å². The van der Waals surface area contributed by atoms with E-state index in [1.807, 2.05) is 0 Å². The third-order valence-electron chi connectivity index (χ3n) is 3.83. The van der Waals surface area contributed by atoms with E-state index in [2.05, 4.69) is 4.90 Å². The lowest BCUT2D eigenvalue weighted by atomic mass is 9.97. The summed E-state index contributed by atoms with van der Waals surface area (Å²) >= 11 is 0. The second-order valence-electron chi connectivity index (χ2n) is 5.42. The molecule has 1 unspecified atom stereocenters. The number of hydrogen-bond acceptors (Lipinski definition) is 5. The fourth-order valence-corrected chi connectivity index (χ4v) is 2.85. The number of ether oxygens (including phenoxy) is 1. The normalized spacial score (nSPS) is 18.6. The monoisotopic (exact) mass is 292 g/mol. The van der Waals surface area contributed by atoms with E-state index in [0.717, 1.165) is 31.6 Å². The van der Waals surface area contributed by atoms with Gasteiger partial charge in [-0.2, -0.15) is 0 Å². The van der Waals surface area contributed by atoms with Crippen LogP contribution in [0, 0.1) is 16.0 Å². The van der Waals surface area contributed by atoms with Crippen LogP contribution in [0.1, 0.15) is 30.1 Å². The van der Waals surface area contributed by atoms with Crippen LogP contribution in [0.4, 0.5) is 11.4 Å². The molecule has 1 saturated heterocycles. The van der Waals surface area contributed by atoms with Gasteiger partial charge in [-0.15, -0.1) is 0 Å². The van der Waals surface area contributed by atoms with Gasteiger partial charge in [0.15, 0.2) is 5.78 Å². The minimum absolute atomic E-state index is 0.0469. The van der Waals surface area contributed by atoms with Crippen LogP contribution in [0.25, 0.3) is 0 Å². The maximum absolute atomic E-state index is 11.8. The topological polar surface area (TPSA) is 72.7 Å². The van der Waals surface area contributed by atoms with Gasteiger partial charge in [-0.25, -0.2) is 0 Å². The number of nitro groups is 1. The number of anilines is 1. The number of non-ortho nitro benzene ring substituents is 1. The Bertz CT molecular complexity index is 542. The first-order valence-corrected chi connectivity index (χ1v) is 7.06. The Morgan fingerprint density at radius 2 is 2.29 bits per heavy atom. The first kappa shape index (κ1) is 15.4. The van der Waals surface area contributed by atoms with Crippen molar-refractivity contribution >= 4 is 17.2 Å². The number of hydrogen-bond donors (Lipinski definition) is 0. The number of benzene rings is 1. The van der Waals surface area contributed by atoms with E-state index in [-0.39, 0.29) is 11.5 Å². The third-order valence-corrected chi connectivity index (χ3v) is 3.83. The Morgan fingerprint density at radius 1 is 1.52 bits per heavy atom. The smallest absolute Gasteiger partial charge is 0.270 e. The predicted octanol–water partition coefficient (Wildman–Crippen LogP) is 2.66. The van der Waals surface area contributed by atoms with Crippen molar-refractivity contribution in [3.8, 4) is 0 Å². The average molecular weight is 292 g/mol. The van der Waals surface area contributed by atoms with Crippen LogP contribution in [-0.2, 0) is 4.74 Å². The molecule has 6 nitrogen and oxygen atoms in total. The average Bonchev–Trinajstić information content (AvgIpc) is 2.47. The molecule has 1 aromatic carbocycles. The quantitative estimate of drug-likeness (QED) is 0.474. The molecule has 1 aliphatic heterocycles. The van der Waals surface area contributed by atoms with Crippen molar-refractivity contribution in [1.29, 1.82) is 0 Å². The molecular formula is C15H20N2O4. The molecule has 0 saturated carbocycles. The number of rotatable bonds is 5. The molecule has 1 aliphatic rings. The van der Waals surface area contributed by atoms with Gasteiger partial charge in [0.05, 0.1) is 11.5 Å². The Hall–Kier alpha value is -1.95. The fraction of sp³-hybridized carbons (Fsp3) is 0.533. The van der Waals surface area contributed by atoms with Crippen molar-refractivity contribution in [3.63, 3.8) is 0 Å². The van der Waals surface area contributed by atoms with Gasteiger partial charge in [0, 0.05) is 43.6 Å². The van der Waals surface area contributed by atoms with E-state index in [0.29, 0.717) is 18.1 Å². The van der Waals surface area contributed by atoms with E-state index >= 15 is 0 Å². The number of nitro benzene ring substituents is 1. The van der Waals surface area contributed by atoms with Gasteiger partial charge in [-0.05, 0) is 31.7 Å². The molecule has 0 aliphatic carbocycles. The molecule has 1 atom stereocenters. The molecule has 1 fully saturated rings. The molecule has 0 N–H and O–H groups in total. The molecule has 6 heteroatoms. The minimum Gasteiger partial charge on any atom is -0.384 e.